The SMILES string of the molecule is Cc1ccn(CCc2scnc2C)c(=O)c1C(=O)O. The molecule has 0 unspecified atom stereocenters. The maximum atomic E-state index is 12.0. The molecular weight excluding hydrogens is 264 g/mol. The number of carboxylic acids is 1. The second-order valence-electron chi connectivity index (χ2n) is 4.29. The zero-order valence-electron chi connectivity index (χ0n) is 10.7. The molecule has 0 aromatic carbocycles. The van der Waals surface area contributed by atoms with Gasteiger partial charge in [0.1, 0.15) is 5.56 Å². The van der Waals surface area contributed by atoms with Crippen LogP contribution >= 0.6 is 11.3 Å². The van der Waals surface area contributed by atoms with Gasteiger partial charge in [0.05, 0.1) is 11.2 Å². The molecule has 6 heteroatoms. The maximum absolute atomic E-state index is 12.0. The number of nitrogens with zero attached hydrogens (tertiary/aromatic N) is 2. The third kappa shape index (κ3) is 2.73. The predicted octanol–water partition coefficient (Wildman–Crippen LogP) is 1.86. The first kappa shape index (κ1) is 13.5. The van der Waals surface area contributed by atoms with E-state index in [0.717, 1.165) is 10.6 Å². The van der Waals surface area contributed by atoms with Gasteiger partial charge in [0.25, 0.3) is 5.56 Å². The average Bonchev–Trinajstić information content (AvgIpc) is 2.73. The highest BCUT2D eigenvalue weighted by molar-refractivity contribution is 7.09. The Morgan fingerprint density at radius 1 is 1.47 bits per heavy atom. The van der Waals surface area contributed by atoms with Gasteiger partial charge in [-0.2, -0.15) is 0 Å². The Hall–Kier alpha value is -1.95. The molecule has 0 spiro atoms. The summed E-state index contributed by atoms with van der Waals surface area (Å²) in [4.78, 5) is 28.4. The van der Waals surface area contributed by atoms with E-state index in [4.69, 9.17) is 5.11 Å². The summed E-state index contributed by atoms with van der Waals surface area (Å²) in [5.74, 6) is -1.18. The molecule has 2 rings (SSSR count). The number of thiazole rings is 1. The number of aryl methyl sites for hydroxylation is 4. The van der Waals surface area contributed by atoms with E-state index in [2.05, 4.69) is 4.98 Å². The smallest absolute Gasteiger partial charge is 0.341 e. The van der Waals surface area contributed by atoms with Crippen molar-refractivity contribution in [2.75, 3.05) is 0 Å². The molecule has 2 heterocycles. The van der Waals surface area contributed by atoms with Gasteiger partial charge in [-0.15, -0.1) is 11.3 Å². The number of pyridine rings is 1. The third-order valence-corrected chi connectivity index (χ3v) is 4.01. The number of hydrogen-bond acceptors (Lipinski definition) is 4. The standard InChI is InChI=1S/C13H14N2O3S/c1-8-3-5-15(12(16)11(8)13(17)18)6-4-10-9(2)14-7-19-10/h3,5,7H,4,6H2,1-2H3,(H,17,18). The lowest BCUT2D eigenvalue weighted by atomic mass is 10.1. The zero-order valence-corrected chi connectivity index (χ0v) is 11.5. The summed E-state index contributed by atoms with van der Waals surface area (Å²) in [5.41, 5.74) is 2.62. The van der Waals surface area contributed by atoms with Gasteiger partial charge < -0.3 is 9.67 Å². The molecule has 0 aliphatic rings. The lowest BCUT2D eigenvalue weighted by molar-refractivity contribution is 0.0693. The Morgan fingerprint density at radius 2 is 2.21 bits per heavy atom. The number of carboxylic acid groups (broad SMARTS) is 1. The molecule has 100 valence electrons. The second kappa shape index (κ2) is 5.36. The average molecular weight is 278 g/mol. The largest absolute Gasteiger partial charge is 0.477 e. The molecule has 0 saturated carbocycles. The zero-order chi connectivity index (χ0) is 14.0. The molecule has 0 fully saturated rings. The first-order valence-corrected chi connectivity index (χ1v) is 6.71. The van der Waals surface area contributed by atoms with Crippen LogP contribution in [-0.4, -0.2) is 20.6 Å². The predicted molar refractivity (Wildman–Crippen MR) is 73.0 cm³/mol. The van der Waals surface area contributed by atoms with E-state index in [9.17, 15) is 9.59 Å². The summed E-state index contributed by atoms with van der Waals surface area (Å²) in [6.45, 7) is 4.01. The number of aromatic carboxylic acids is 1. The Balaban J connectivity index is 2.27. The molecule has 5 nitrogen and oxygen atoms in total. The second-order valence-corrected chi connectivity index (χ2v) is 5.23. The Bertz CT molecular complexity index is 673. The van der Waals surface area contributed by atoms with Crippen LogP contribution in [0.15, 0.2) is 22.6 Å². The van der Waals surface area contributed by atoms with Gasteiger partial charge in [0.15, 0.2) is 0 Å². The van der Waals surface area contributed by atoms with E-state index in [1.54, 1.807) is 36.0 Å². The van der Waals surface area contributed by atoms with Crippen molar-refractivity contribution in [1.82, 2.24) is 9.55 Å². The lowest BCUT2D eigenvalue weighted by Crippen LogP contribution is -2.27. The van der Waals surface area contributed by atoms with Crippen molar-refractivity contribution in [2.45, 2.75) is 26.8 Å². The molecule has 19 heavy (non-hydrogen) atoms. The number of rotatable bonds is 4. The van der Waals surface area contributed by atoms with Crippen LogP contribution in [0.25, 0.3) is 0 Å². The molecule has 0 atom stereocenters. The fraction of sp³-hybridized carbons (Fsp3) is 0.308. The third-order valence-electron chi connectivity index (χ3n) is 3.01. The highest BCUT2D eigenvalue weighted by Gasteiger charge is 2.14. The number of carbonyl (C=O) groups is 1. The van der Waals surface area contributed by atoms with Crippen molar-refractivity contribution in [3.8, 4) is 0 Å². The normalized spacial score (nSPS) is 10.6. The number of hydrogen-bond donors (Lipinski definition) is 1. The van der Waals surface area contributed by atoms with Gasteiger partial charge in [-0.1, -0.05) is 0 Å². The summed E-state index contributed by atoms with van der Waals surface area (Å²) in [6, 6.07) is 1.66. The van der Waals surface area contributed by atoms with Crippen molar-refractivity contribution in [3.05, 3.63) is 49.8 Å². The summed E-state index contributed by atoms with van der Waals surface area (Å²) >= 11 is 1.55. The van der Waals surface area contributed by atoms with Gasteiger partial charge >= 0.3 is 5.97 Å². The van der Waals surface area contributed by atoms with Crippen LogP contribution in [-0.2, 0) is 13.0 Å². The van der Waals surface area contributed by atoms with E-state index in [1.807, 2.05) is 6.92 Å². The van der Waals surface area contributed by atoms with Crippen LogP contribution in [0.3, 0.4) is 0 Å². The summed E-state index contributed by atoms with van der Waals surface area (Å²) in [5, 5.41) is 9.05. The molecule has 0 radical (unpaired) electrons. The van der Waals surface area contributed by atoms with Crippen LogP contribution in [0.2, 0.25) is 0 Å². The topological polar surface area (TPSA) is 72.2 Å². The van der Waals surface area contributed by atoms with Gasteiger partial charge in [-0.05, 0) is 25.5 Å². The van der Waals surface area contributed by atoms with Gasteiger partial charge in [-0.3, -0.25) is 4.79 Å². The monoisotopic (exact) mass is 278 g/mol. The van der Waals surface area contributed by atoms with Crippen molar-refractivity contribution in [3.63, 3.8) is 0 Å². The molecule has 2 aromatic rings. The molecule has 0 bridgehead atoms. The highest BCUT2D eigenvalue weighted by Crippen LogP contribution is 2.13. The molecule has 0 aliphatic carbocycles. The quantitative estimate of drug-likeness (QED) is 0.926. The van der Waals surface area contributed by atoms with Crippen LogP contribution in [0.5, 0.6) is 0 Å². The Labute approximate surface area is 114 Å². The van der Waals surface area contributed by atoms with Crippen LogP contribution in [0.4, 0.5) is 0 Å². The molecule has 0 amide bonds. The minimum atomic E-state index is -1.18. The highest BCUT2D eigenvalue weighted by atomic mass is 32.1. The minimum Gasteiger partial charge on any atom is -0.477 e. The fourth-order valence-electron chi connectivity index (χ4n) is 1.89. The first-order valence-electron chi connectivity index (χ1n) is 5.83. The van der Waals surface area contributed by atoms with Gasteiger partial charge in [0, 0.05) is 24.0 Å². The van der Waals surface area contributed by atoms with Crippen LogP contribution in [0, 0.1) is 13.8 Å². The molecule has 2 aromatic heterocycles. The first-order chi connectivity index (χ1) is 9.00. The van der Waals surface area contributed by atoms with Crippen LogP contribution < -0.4 is 5.56 Å². The molecular formula is C13H14N2O3S. The fourth-order valence-corrected chi connectivity index (χ4v) is 2.66. The van der Waals surface area contributed by atoms with Gasteiger partial charge in [0.2, 0.25) is 0 Å². The molecule has 1 N–H and O–H groups in total. The van der Waals surface area contributed by atoms with Crippen molar-refractivity contribution >= 4 is 17.3 Å². The molecule has 0 saturated heterocycles. The lowest BCUT2D eigenvalue weighted by Gasteiger charge is -2.08. The van der Waals surface area contributed by atoms with E-state index >= 15 is 0 Å². The Morgan fingerprint density at radius 3 is 2.79 bits per heavy atom. The summed E-state index contributed by atoms with van der Waals surface area (Å²) in [7, 11) is 0. The summed E-state index contributed by atoms with van der Waals surface area (Å²) in [6.07, 6.45) is 2.32. The summed E-state index contributed by atoms with van der Waals surface area (Å²) < 4.78 is 1.44. The minimum absolute atomic E-state index is 0.150. The number of aromatic nitrogens is 2. The van der Waals surface area contributed by atoms with Crippen LogP contribution in [0.1, 0.15) is 26.5 Å². The van der Waals surface area contributed by atoms with Gasteiger partial charge in [-0.25, -0.2) is 9.78 Å². The maximum Gasteiger partial charge on any atom is 0.341 e. The van der Waals surface area contributed by atoms with Crippen molar-refractivity contribution < 1.29 is 9.90 Å². The Kier molecular flexibility index (Phi) is 3.80. The molecule has 0 aliphatic heterocycles. The van der Waals surface area contributed by atoms with E-state index in [1.165, 1.54) is 4.57 Å². The van der Waals surface area contributed by atoms with E-state index < -0.39 is 11.5 Å². The van der Waals surface area contributed by atoms with Crippen molar-refractivity contribution in [1.29, 1.82) is 0 Å². The van der Waals surface area contributed by atoms with E-state index in [0.29, 0.717) is 18.5 Å². The van der Waals surface area contributed by atoms with E-state index in [-0.39, 0.29) is 5.56 Å². The van der Waals surface area contributed by atoms with Crippen molar-refractivity contribution in [2.24, 2.45) is 0 Å².